The fourth-order valence-electron chi connectivity index (χ4n) is 1.05. The van der Waals surface area contributed by atoms with E-state index in [2.05, 4.69) is 0 Å². The van der Waals surface area contributed by atoms with Crippen molar-refractivity contribution >= 4 is 12.2 Å². The second-order valence-electron chi connectivity index (χ2n) is 2.30. The number of hydrazine groups is 1. The fourth-order valence-corrected chi connectivity index (χ4v) is 1.05. The van der Waals surface area contributed by atoms with Crippen LogP contribution < -0.4 is 0 Å². The number of hydrogen-bond donors (Lipinski definition) is 3. The number of hydrogen-bond acceptors (Lipinski definition) is 3. The highest BCUT2D eigenvalue weighted by atomic mass is 16.4. The van der Waals surface area contributed by atoms with Gasteiger partial charge in [0.1, 0.15) is 0 Å². The minimum atomic E-state index is -1.47. The second kappa shape index (κ2) is 2.86. The summed E-state index contributed by atoms with van der Waals surface area (Å²) in [5.74, 6) is 0. The van der Waals surface area contributed by atoms with E-state index < -0.39 is 18.4 Å². The molecule has 1 aliphatic heterocycles. The molecule has 0 aromatic rings. The van der Waals surface area contributed by atoms with E-state index in [1.807, 2.05) is 0 Å². The van der Waals surface area contributed by atoms with E-state index in [4.69, 9.17) is 15.3 Å². The molecule has 0 saturated carbocycles. The van der Waals surface area contributed by atoms with E-state index >= 15 is 0 Å². The van der Waals surface area contributed by atoms with Crippen molar-refractivity contribution in [1.29, 1.82) is 0 Å². The first-order valence-corrected chi connectivity index (χ1v) is 3.24. The highest BCUT2D eigenvalue weighted by Crippen LogP contribution is 2.16. The molecule has 1 fully saturated rings. The monoisotopic (exact) mass is 176 g/mol. The van der Waals surface area contributed by atoms with Gasteiger partial charge >= 0.3 is 12.2 Å². The lowest BCUT2D eigenvalue weighted by atomic mass is 10.4. The summed E-state index contributed by atoms with van der Waals surface area (Å²) in [7, 11) is 0. The van der Waals surface area contributed by atoms with Gasteiger partial charge in [0.05, 0.1) is 6.54 Å². The third-order valence-electron chi connectivity index (χ3n) is 1.56. The molecule has 2 amide bonds. The van der Waals surface area contributed by atoms with Crippen LogP contribution in [0.25, 0.3) is 0 Å². The molecule has 1 atom stereocenters. The van der Waals surface area contributed by atoms with Crippen molar-refractivity contribution in [3.63, 3.8) is 0 Å². The van der Waals surface area contributed by atoms with Gasteiger partial charge in [0, 0.05) is 6.42 Å². The number of carboxylic acid groups (broad SMARTS) is 2. The van der Waals surface area contributed by atoms with Crippen molar-refractivity contribution in [1.82, 2.24) is 10.0 Å². The van der Waals surface area contributed by atoms with Crippen LogP contribution in [0.4, 0.5) is 9.59 Å². The molecule has 1 unspecified atom stereocenters. The maximum absolute atomic E-state index is 10.4. The smallest absolute Gasteiger partial charge is 0.428 e. The standard InChI is InChI=1S/C5H8N2O5/c8-3-1-2-6(4(9)10)7(3)5(11)12/h3,8H,1-2H2,(H,9,10)(H,11,12). The third-order valence-corrected chi connectivity index (χ3v) is 1.56. The van der Waals surface area contributed by atoms with Gasteiger partial charge in [-0.2, -0.15) is 5.01 Å². The first kappa shape index (κ1) is 8.60. The van der Waals surface area contributed by atoms with Crippen molar-refractivity contribution in [3.05, 3.63) is 0 Å². The molecule has 1 rings (SSSR count). The molecule has 3 N–H and O–H groups in total. The Balaban J connectivity index is 2.77. The molecule has 68 valence electrons. The minimum absolute atomic E-state index is 0.00278. The molecule has 7 nitrogen and oxygen atoms in total. The van der Waals surface area contributed by atoms with E-state index in [-0.39, 0.29) is 13.0 Å². The van der Waals surface area contributed by atoms with E-state index in [1.54, 1.807) is 0 Å². The maximum atomic E-state index is 10.4. The Morgan fingerprint density at radius 2 is 1.83 bits per heavy atom. The second-order valence-corrected chi connectivity index (χ2v) is 2.30. The Kier molecular flexibility index (Phi) is 2.05. The lowest BCUT2D eigenvalue weighted by Gasteiger charge is -2.23. The summed E-state index contributed by atoms with van der Waals surface area (Å²) in [6.07, 6.45) is -3.99. The zero-order valence-corrected chi connectivity index (χ0v) is 6.04. The number of aliphatic hydroxyl groups excluding tert-OH is 1. The Labute approximate surface area is 67.4 Å². The highest BCUT2D eigenvalue weighted by molar-refractivity contribution is 5.72. The van der Waals surface area contributed by atoms with Crippen LogP contribution in [-0.2, 0) is 0 Å². The molecule has 0 aliphatic carbocycles. The van der Waals surface area contributed by atoms with Crippen molar-refractivity contribution in [2.75, 3.05) is 6.54 Å². The molecule has 1 aliphatic rings. The van der Waals surface area contributed by atoms with Gasteiger partial charge in [-0.15, -0.1) is 0 Å². The third kappa shape index (κ3) is 1.26. The fraction of sp³-hybridized carbons (Fsp3) is 0.600. The van der Waals surface area contributed by atoms with Crippen LogP contribution in [0.2, 0.25) is 0 Å². The maximum Gasteiger partial charge on any atom is 0.428 e. The van der Waals surface area contributed by atoms with Crippen molar-refractivity contribution < 1.29 is 24.9 Å². The lowest BCUT2D eigenvalue weighted by molar-refractivity contribution is -0.0489. The van der Waals surface area contributed by atoms with Crippen LogP contribution in [0.3, 0.4) is 0 Å². The Hall–Kier alpha value is -1.50. The number of aliphatic hydroxyl groups is 1. The molecule has 0 spiro atoms. The van der Waals surface area contributed by atoms with Crippen molar-refractivity contribution in [3.8, 4) is 0 Å². The van der Waals surface area contributed by atoms with Gasteiger partial charge in [-0.05, 0) is 0 Å². The van der Waals surface area contributed by atoms with Crippen LogP contribution in [-0.4, -0.2) is 50.3 Å². The van der Waals surface area contributed by atoms with E-state index in [1.165, 1.54) is 0 Å². The van der Waals surface area contributed by atoms with E-state index in [9.17, 15) is 9.59 Å². The Bertz CT molecular complexity index is 218. The SMILES string of the molecule is O=C(O)N1CCC(O)N1C(=O)O. The number of carbonyl (C=O) groups is 2. The van der Waals surface area contributed by atoms with E-state index in [0.29, 0.717) is 10.0 Å². The molecule has 7 heteroatoms. The van der Waals surface area contributed by atoms with Crippen LogP contribution >= 0.6 is 0 Å². The van der Waals surface area contributed by atoms with Gasteiger partial charge in [0.25, 0.3) is 0 Å². The van der Waals surface area contributed by atoms with Gasteiger partial charge in [-0.1, -0.05) is 0 Å². The van der Waals surface area contributed by atoms with E-state index in [0.717, 1.165) is 0 Å². The average Bonchev–Trinajstić information content (AvgIpc) is 2.30. The minimum Gasteiger partial charge on any atom is -0.464 e. The van der Waals surface area contributed by atoms with Crippen LogP contribution in [0, 0.1) is 0 Å². The van der Waals surface area contributed by atoms with Gasteiger partial charge in [-0.25, -0.2) is 14.6 Å². The Morgan fingerprint density at radius 1 is 1.25 bits per heavy atom. The first-order valence-electron chi connectivity index (χ1n) is 3.24. The summed E-state index contributed by atoms with van der Waals surface area (Å²) in [6.45, 7) is 0.00278. The molecule has 0 radical (unpaired) electrons. The lowest BCUT2D eigenvalue weighted by Crippen LogP contribution is -2.47. The molecular weight excluding hydrogens is 168 g/mol. The van der Waals surface area contributed by atoms with Gasteiger partial charge < -0.3 is 15.3 Å². The van der Waals surface area contributed by atoms with Gasteiger partial charge in [0.2, 0.25) is 0 Å². The molecule has 1 heterocycles. The summed E-state index contributed by atoms with van der Waals surface area (Å²) in [5.41, 5.74) is 0. The summed E-state index contributed by atoms with van der Waals surface area (Å²) in [6, 6.07) is 0. The summed E-state index contributed by atoms with van der Waals surface area (Å²) < 4.78 is 0. The molecular formula is C5H8N2O5. The van der Waals surface area contributed by atoms with Gasteiger partial charge in [0.15, 0.2) is 6.23 Å². The Morgan fingerprint density at radius 3 is 2.17 bits per heavy atom. The van der Waals surface area contributed by atoms with Crippen LogP contribution in [0.15, 0.2) is 0 Å². The zero-order valence-electron chi connectivity index (χ0n) is 6.04. The van der Waals surface area contributed by atoms with Crippen molar-refractivity contribution in [2.24, 2.45) is 0 Å². The zero-order chi connectivity index (χ0) is 9.30. The summed E-state index contributed by atoms with van der Waals surface area (Å²) in [4.78, 5) is 20.8. The molecule has 0 aromatic carbocycles. The normalized spacial score (nSPS) is 22.9. The predicted molar refractivity (Wildman–Crippen MR) is 35.2 cm³/mol. The summed E-state index contributed by atoms with van der Waals surface area (Å²) in [5, 5.41) is 26.9. The number of amides is 2. The molecule has 12 heavy (non-hydrogen) atoms. The molecule has 0 aromatic heterocycles. The quantitative estimate of drug-likeness (QED) is 0.465. The largest absolute Gasteiger partial charge is 0.464 e. The number of nitrogens with zero attached hydrogens (tertiary/aromatic N) is 2. The van der Waals surface area contributed by atoms with Crippen LogP contribution in [0.1, 0.15) is 6.42 Å². The highest BCUT2D eigenvalue weighted by Gasteiger charge is 2.37. The molecule has 0 bridgehead atoms. The number of rotatable bonds is 0. The molecule has 1 saturated heterocycles. The average molecular weight is 176 g/mol. The van der Waals surface area contributed by atoms with Crippen molar-refractivity contribution in [2.45, 2.75) is 12.6 Å². The van der Waals surface area contributed by atoms with Crippen LogP contribution in [0.5, 0.6) is 0 Å². The van der Waals surface area contributed by atoms with Gasteiger partial charge in [-0.3, -0.25) is 0 Å². The first-order chi connectivity index (χ1) is 5.54. The topological polar surface area (TPSA) is 101 Å². The predicted octanol–water partition coefficient (Wildman–Crippen LogP) is -0.416. The summed E-state index contributed by atoms with van der Waals surface area (Å²) >= 11 is 0.